The van der Waals surface area contributed by atoms with E-state index in [4.69, 9.17) is 0 Å². The van der Waals surface area contributed by atoms with Crippen LogP contribution in [0.3, 0.4) is 0 Å². The molecule has 2 N–H and O–H groups in total. The van der Waals surface area contributed by atoms with Gasteiger partial charge in [-0.1, -0.05) is 6.92 Å². The standard InChI is InChI=1S/C17H22N6O2/c1-11-3-7-23(8-4-11)17-21-13(9-15(24)22-17)12(2)20-16(25)14-10-18-5-6-19-14/h5-6,9-12H,3-4,7-8H2,1-2H3,(H,20,25)(H,21,22,24)/t12-/m0/s1. The van der Waals surface area contributed by atoms with E-state index in [9.17, 15) is 9.59 Å². The molecule has 8 nitrogen and oxygen atoms in total. The van der Waals surface area contributed by atoms with Crippen LogP contribution in [0.1, 0.15) is 48.9 Å². The fraction of sp³-hybridized carbons (Fsp3) is 0.471. The Labute approximate surface area is 145 Å². The number of piperidine rings is 1. The molecule has 0 radical (unpaired) electrons. The Morgan fingerprint density at radius 2 is 2.12 bits per heavy atom. The number of hydrogen-bond acceptors (Lipinski definition) is 6. The Morgan fingerprint density at radius 3 is 2.80 bits per heavy atom. The molecule has 1 aliphatic heterocycles. The highest BCUT2D eigenvalue weighted by molar-refractivity contribution is 5.92. The Bertz CT molecular complexity index is 783. The first-order valence-corrected chi connectivity index (χ1v) is 8.46. The molecule has 0 saturated carbocycles. The zero-order chi connectivity index (χ0) is 17.8. The zero-order valence-corrected chi connectivity index (χ0v) is 14.4. The molecule has 3 rings (SSSR count). The maximum absolute atomic E-state index is 12.2. The third-order valence-corrected chi connectivity index (χ3v) is 4.42. The maximum Gasteiger partial charge on any atom is 0.272 e. The molecule has 1 fully saturated rings. The van der Waals surface area contributed by atoms with Crippen molar-refractivity contribution in [3.63, 3.8) is 0 Å². The lowest BCUT2D eigenvalue weighted by atomic mass is 10.00. The first kappa shape index (κ1) is 17.1. The number of amides is 1. The highest BCUT2D eigenvalue weighted by Gasteiger charge is 2.20. The number of H-pyrrole nitrogens is 1. The number of anilines is 1. The molecule has 0 unspecified atom stereocenters. The van der Waals surface area contributed by atoms with Crippen molar-refractivity contribution in [1.29, 1.82) is 0 Å². The van der Waals surface area contributed by atoms with Gasteiger partial charge in [-0.15, -0.1) is 0 Å². The third-order valence-electron chi connectivity index (χ3n) is 4.42. The van der Waals surface area contributed by atoms with E-state index in [2.05, 4.69) is 37.1 Å². The Balaban J connectivity index is 1.75. The van der Waals surface area contributed by atoms with Gasteiger partial charge in [-0.25, -0.2) is 9.97 Å². The number of rotatable bonds is 4. The molecule has 3 heterocycles. The van der Waals surface area contributed by atoms with E-state index in [-0.39, 0.29) is 17.2 Å². The highest BCUT2D eigenvalue weighted by Crippen LogP contribution is 2.20. The molecule has 2 aromatic rings. The lowest BCUT2D eigenvalue weighted by Crippen LogP contribution is -2.36. The first-order valence-electron chi connectivity index (χ1n) is 8.46. The molecule has 1 amide bonds. The lowest BCUT2D eigenvalue weighted by molar-refractivity contribution is 0.0933. The summed E-state index contributed by atoms with van der Waals surface area (Å²) >= 11 is 0. The molecule has 8 heteroatoms. The summed E-state index contributed by atoms with van der Waals surface area (Å²) in [6.45, 7) is 5.76. The highest BCUT2D eigenvalue weighted by atomic mass is 16.2. The summed E-state index contributed by atoms with van der Waals surface area (Å²) < 4.78 is 0. The van der Waals surface area contributed by atoms with Gasteiger partial charge in [0.15, 0.2) is 0 Å². The number of aromatic nitrogens is 4. The van der Waals surface area contributed by atoms with Crippen molar-refractivity contribution in [2.45, 2.75) is 32.7 Å². The molecule has 2 aromatic heterocycles. The largest absolute Gasteiger partial charge is 0.343 e. The number of aromatic amines is 1. The second-order valence-corrected chi connectivity index (χ2v) is 6.45. The minimum absolute atomic E-state index is 0.223. The molecule has 1 atom stereocenters. The summed E-state index contributed by atoms with van der Waals surface area (Å²) in [5, 5.41) is 2.80. The predicted molar refractivity (Wildman–Crippen MR) is 93.4 cm³/mol. The van der Waals surface area contributed by atoms with Crippen molar-refractivity contribution in [2.24, 2.45) is 5.92 Å². The Morgan fingerprint density at radius 1 is 1.36 bits per heavy atom. The SMILES string of the molecule is CC1CCN(c2nc([C@H](C)NC(=O)c3cnccn3)cc(=O)[nH]2)CC1. The summed E-state index contributed by atoms with van der Waals surface area (Å²) in [7, 11) is 0. The zero-order valence-electron chi connectivity index (χ0n) is 14.4. The molecular weight excluding hydrogens is 320 g/mol. The molecule has 1 aliphatic rings. The van der Waals surface area contributed by atoms with Gasteiger partial charge in [0.1, 0.15) is 5.69 Å². The van der Waals surface area contributed by atoms with Gasteiger partial charge in [0.2, 0.25) is 5.95 Å². The first-order chi connectivity index (χ1) is 12.0. The number of nitrogens with one attached hydrogen (secondary N) is 2. The van der Waals surface area contributed by atoms with Crippen LogP contribution in [0.2, 0.25) is 0 Å². The fourth-order valence-corrected chi connectivity index (χ4v) is 2.82. The fourth-order valence-electron chi connectivity index (χ4n) is 2.82. The van der Waals surface area contributed by atoms with Crippen LogP contribution in [0.5, 0.6) is 0 Å². The summed E-state index contributed by atoms with van der Waals surface area (Å²) in [5.41, 5.74) is 0.526. The van der Waals surface area contributed by atoms with Gasteiger partial charge in [0.05, 0.1) is 17.9 Å². The topological polar surface area (TPSA) is 104 Å². The van der Waals surface area contributed by atoms with Gasteiger partial charge in [0, 0.05) is 31.5 Å². The normalized spacial score (nSPS) is 16.5. The van der Waals surface area contributed by atoms with Crippen LogP contribution >= 0.6 is 0 Å². The van der Waals surface area contributed by atoms with E-state index in [1.165, 1.54) is 24.7 Å². The van der Waals surface area contributed by atoms with Crippen molar-refractivity contribution in [2.75, 3.05) is 18.0 Å². The second-order valence-electron chi connectivity index (χ2n) is 6.45. The minimum atomic E-state index is -0.417. The Hall–Kier alpha value is -2.77. The summed E-state index contributed by atoms with van der Waals surface area (Å²) in [6, 6.07) is 0.997. The molecule has 0 aliphatic carbocycles. The van der Waals surface area contributed by atoms with Gasteiger partial charge in [0.25, 0.3) is 11.5 Å². The number of nitrogens with zero attached hydrogens (tertiary/aromatic N) is 4. The van der Waals surface area contributed by atoms with Crippen LogP contribution in [0.4, 0.5) is 5.95 Å². The molecule has 25 heavy (non-hydrogen) atoms. The van der Waals surface area contributed by atoms with Gasteiger partial charge in [-0.3, -0.25) is 19.6 Å². The summed E-state index contributed by atoms with van der Waals surface area (Å²) in [4.78, 5) is 41.5. The molecule has 0 bridgehead atoms. The van der Waals surface area contributed by atoms with Crippen LogP contribution in [-0.2, 0) is 0 Å². The number of carbonyl (C=O) groups excluding carboxylic acids is 1. The summed E-state index contributed by atoms with van der Waals surface area (Å²) in [6.07, 6.45) is 6.51. The van der Waals surface area contributed by atoms with Crippen LogP contribution in [0.25, 0.3) is 0 Å². The van der Waals surface area contributed by atoms with Crippen LogP contribution in [0, 0.1) is 5.92 Å². The average molecular weight is 342 g/mol. The van der Waals surface area contributed by atoms with Crippen LogP contribution in [-0.4, -0.2) is 38.9 Å². The van der Waals surface area contributed by atoms with Crippen LogP contribution in [0.15, 0.2) is 29.5 Å². The van der Waals surface area contributed by atoms with E-state index in [1.807, 2.05) is 0 Å². The van der Waals surface area contributed by atoms with Crippen molar-refractivity contribution in [3.05, 3.63) is 46.4 Å². The van der Waals surface area contributed by atoms with E-state index >= 15 is 0 Å². The molecular formula is C17H22N6O2. The van der Waals surface area contributed by atoms with Gasteiger partial charge >= 0.3 is 0 Å². The lowest BCUT2D eigenvalue weighted by Gasteiger charge is -2.31. The van der Waals surface area contributed by atoms with E-state index in [0.717, 1.165) is 25.9 Å². The number of hydrogen-bond donors (Lipinski definition) is 2. The van der Waals surface area contributed by atoms with Crippen LogP contribution < -0.4 is 15.8 Å². The number of carbonyl (C=O) groups is 1. The molecule has 0 aromatic carbocycles. The quantitative estimate of drug-likeness (QED) is 0.867. The van der Waals surface area contributed by atoms with Crippen molar-refractivity contribution in [1.82, 2.24) is 25.3 Å². The molecule has 132 valence electrons. The van der Waals surface area contributed by atoms with Gasteiger partial charge in [-0.2, -0.15) is 0 Å². The maximum atomic E-state index is 12.2. The van der Waals surface area contributed by atoms with Gasteiger partial charge in [-0.05, 0) is 25.7 Å². The van der Waals surface area contributed by atoms with Crippen molar-refractivity contribution >= 4 is 11.9 Å². The third kappa shape index (κ3) is 4.20. The molecule has 0 spiro atoms. The Kier molecular flexibility index (Phi) is 5.06. The van der Waals surface area contributed by atoms with Gasteiger partial charge < -0.3 is 10.2 Å². The monoisotopic (exact) mass is 342 g/mol. The van der Waals surface area contributed by atoms with Crippen molar-refractivity contribution < 1.29 is 4.79 Å². The predicted octanol–water partition coefficient (Wildman–Crippen LogP) is 1.29. The van der Waals surface area contributed by atoms with Crippen molar-refractivity contribution in [3.8, 4) is 0 Å². The minimum Gasteiger partial charge on any atom is -0.343 e. The van der Waals surface area contributed by atoms with E-state index < -0.39 is 6.04 Å². The average Bonchev–Trinajstić information content (AvgIpc) is 2.62. The smallest absolute Gasteiger partial charge is 0.272 e. The molecule has 1 saturated heterocycles. The summed E-state index contributed by atoms with van der Waals surface area (Å²) in [5.74, 6) is 0.905. The second kappa shape index (κ2) is 7.42. The van der Waals surface area contributed by atoms with E-state index in [1.54, 1.807) is 6.92 Å². The van der Waals surface area contributed by atoms with E-state index in [0.29, 0.717) is 17.6 Å².